The summed E-state index contributed by atoms with van der Waals surface area (Å²) >= 11 is 0. The molecule has 0 aromatic carbocycles. The number of hydrogen-bond acceptors (Lipinski definition) is 2. The number of nitrogens with two attached hydrogens (primary N) is 1. The first kappa shape index (κ1) is 12.0. The Morgan fingerprint density at radius 3 is 2.56 bits per heavy atom. The lowest BCUT2D eigenvalue weighted by atomic mass is 9.89. The average molecular weight is 246 g/mol. The average Bonchev–Trinajstić information content (AvgIpc) is 3.11. The van der Waals surface area contributed by atoms with Crippen molar-refractivity contribution in [3.63, 3.8) is 0 Å². The van der Waals surface area contributed by atoms with Crippen LogP contribution in [0.15, 0.2) is 10.9 Å². The summed E-state index contributed by atoms with van der Waals surface area (Å²) in [5.74, 6) is 0. The molecule has 2 aliphatic carbocycles. The highest BCUT2D eigenvalue weighted by Crippen LogP contribution is 2.37. The molecule has 2 aliphatic rings. The molecule has 98 valence electrons. The van der Waals surface area contributed by atoms with Gasteiger partial charge in [-0.3, -0.25) is 4.79 Å². The van der Waals surface area contributed by atoms with Crippen molar-refractivity contribution in [3.8, 4) is 0 Å². The number of hydrogen-bond donors (Lipinski definition) is 1. The molecular formula is C15H22N2O. The van der Waals surface area contributed by atoms with Crippen LogP contribution >= 0.6 is 0 Å². The molecule has 3 rings (SSSR count). The number of pyridine rings is 1. The number of fused-ring (bicyclic) bond motifs is 1. The summed E-state index contributed by atoms with van der Waals surface area (Å²) in [6.07, 6.45) is 6.92. The first-order chi connectivity index (χ1) is 8.48. The van der Waals surface area contributed by atoms with Gasteiger partial charge in [0.2, 0.25) is 0 Å². The second-order valence-electron chi connectivity index (χ2n) is 6.37. The van der Waals surface area contributed by atoms with Crippen molar-refractivity contribution in [2.75, 3.05) is 0 Å². The summed E-state index contributed by atoms with van der Waals surface area (Å²) in [5.41, 5.74) is 9.23. The third kappa shape index (κ3) is 1.91. The smallest absolute Gasteiger partial charge is 0.256 e. The van der Waals surface area contributed by atoms with Gasteiger partial charge in [-0.25, -0.2) is 0 Å². The first-order valence-electron chi connectivity index (χ1n) is 7.05. The molecule has 0 atom stereocenters. The Morgan fingerprint density at radius 2 is 1.94 bits per heavy atom. The van der Waals surface area contributed by atoms with Gasteiger partial charge in [-0.2, -0.15) is 0 Å². The highest BCUT2D eigenvalue weighted by molar-refractivity contribution is 5.33. The summed E-state index contributed by atoms with van der Waals surface area (Å²) in [6, 6.07) is 2.53. The van der Waals surface area contributed by atoms with Crippen molar-refractivity contribution in [1.29, 1.82) is 0 Å². The van der Waals surface area contributed by atoms with E-state index in [1.165, 1.54) is 24.1 Å². The number of aryl methyl sites for hydroxylation is 1. The predicted molar refractivity (Wildman–Crippen MR) is 72.8 cm³/mol. The minimum atomic E-state index is -0.541. The van der Waals surface area contributed by atoms with Crippen molar-refractivity contribution in [1.82, 2.24) is 4.57 Å². The summed E-state index contributed by atoms with van der Waals surface area (Å²) in [6.45, 7) is 3.85. The summed E-state index contributed by atoms with van der Waals surface area (Å²) in [7, 11) is 0. The molecule has 0 amide bonds. The van der Waals surface area contributed by atoms with Gasteiger partial charge < -0.3 is 10.3 Å². The molecule has 0 aliphatic heterocycles. The summed E-state index contributed by atoms with van der Waals surface area (Å²) in [5, 5.41) is 0. The maximum absolute atomic E-state index is 12.7. The first-order valence-corrected chi connectivity index (χ1v) is 7.05. The molecular weight excluding hydrogens is 224 g/mol. The number of aromatic nitrogens is 1. The van der Waals surface area contributed by atoms with E-state index >= 15 is 0 Å². The molecule has 1 aromatic heterocycles. The van der Waals surface area contributed by atoms with Gasteiger partial charge in [-0.05, 0) is 64.0 Å². The third-order valence-electron chi connectivity index (χ3n) is 4.15. The summed E-state index contributed by atoms with van der Waals surface area (Å²) in [4.78, 5) is 12.7. The van der Waals surface area contributed by atoms with Crippen LogP contribution in [0.5, 0.6) is 0 Å². The molecule has 0 spiro atoms. The minimum Gasteiger partial charge on any atom is -0.322 e. The van der Waals surface area contributed by atoms with Crippen molar-refractivity contribution in [2.24, 2.45) is 5.73 Å². The van der Waals surface area contributed by atoms with Crippen LogP contribution in [0.2, 0.25) is 0 Å². The van der Waals surface area contributed by atoms with E-state index < -0.39 is 5.54 Å². The molecule has 0 bridgehead atoms. The van der Waals surface area contributed by atoms with Crippen LogP contribution in [0, 0.1) is 0 Å². The van der Waals surface area contributed by atoms with Gasteiger partial charge in [0.25, 0.3) is 5.56 Å². The van der Waals surface area contributed by atoms with E-state index in [0.717, 1.165) is 31.2 Å². The quantitative estimate of drug-likeness (QED) is 0.870. The molecule has 0 radical (unpaired) electrons. The van der Waals surface area contributed by atoms with Crippen LogP contribution in [0.25, 0.3) is 0 Å². The lowest BCUT2D eigenvalue weighted by Gasteiger charge is -2.26. The van der Waals surface area contributed by atoms with Gasteiger partial charge in [0.15, 0.2) is 0 Å². The normalized spacial score (nSPS) is 19.7. The van der Waals surface area contributed by atoms with E-state index in [9.17, 15) is 4.79 Å². The zero-order chi connectivity index (χ0) is 12.9. The van der Waals surface area contributed by atoms with Crippen molar-refractivity contribution in [3.05, 3.63) is 33.2 Å². The Kier molecular flexibility index (Phi) is 2.63. The molecule has 0 saturated heterocycles. The van der Waals surface area contributed by atoms with Crippen LogP contribution in [-0.2, 0) is 18.4 Å². The Bertz CT molecular complexity index is 533. The summed E-state index contributed by atoms with van der Waals surface area (Å²) < 4.78 is 2.07. The Hall–Kier alpha value is -1.09. The molecule has 0 unspecified atom stereocenters. The maximum atomic E-state index is 12.7. The third-order valence-corrected chi connectivity index (χ3v) is 4.15. The molecule has 1 saturated carbocycles. The molecule has 1 fully saturated rings. The fraction of sp³-hybridized carbons (Fsp3) is 0.667. The maximum Gasteiger partial charge on any atom is 0.256 e. The van der Waals surface area contributed by atoms with Crippen LogP contribution in [0.4, 0.5) is 0 Å². The standard InChI is InChI=1S/C15H22N2O/c1-15(2,16)12-9-10-5-3-4-6-13(10)17(14(12)18)11-7-8-11/h9,11H,3-8,16H2,1-2H3. The fourth-order valence-corrected chi connectivity index (χ4v) is 3.01. The van der Waals surface area contributed by atoms with E-state index in [0.29, 0.717) is 6.04 Å². The lowest BCUT2D eigenvalue weighted by molar-refractivity contribution is 0.515. The van der Waals surface area contributed by atoms with Crippen LogP contribution in [0.1, 0.15) is 62.4 Å². The molecule has 1 heterocycles. The second kappa shape index (κ2) is 3.95. The van der Waals surface area contributed by atoms with Crippen molar-refractivity contribution >= 4 is 0 Å². The van der Waals surface area contributed by atoms with E-state index in [1.807, 2.05) is 13.8 Å². The minimum absolute atomic E-state index is 0.158. The van der Waals surface area contributed by atoms with Crippen LogP contribution < -0.4 is 11.3 Å². The number of nitrogens with zero attached hydrogens (tertiary/aromatic N) is 1. The Morgan fingerprint density at radius 1 is 1.28 bits per heavy atom. The van der Waals surface area contributed by atoms with E-state index in [1.54, 1.807) is 0 Å². The van der Waals surface area contributed by atoms with Crippen LogP contribution in [0.3, 0.4) is 0 Å². The topological polar surface area (TPSA) is 48.0 Å². The highest BCUT2D eigenvalue weighted by atomic mass is 16.1. The zero-order valence-electron chi connectivity index (χ0n) is 11.3. The molecule has 3 nitrogen and oxygen atoms in total. The van der Waals surface area contributed by atoms with Gasteiger partial charge in [-0.1, -0.05) is 0 Å². The molecule has 18 heavy (non-hydrogen) atoms. The van der Waals surface area contributed by atoms with Crippen LogP contribution in [-0.4, -0.2) is 4.57 Å². The molecule has 1 aromatic rings. The fourth-order valence-electron chi connectivity index (χ4n) is 3.01. The van der Waals surface area contributed by atoms with Gasteiger partial charge in [-0.15, -0.1) is 0 Å². The predicted octanol–water partition coefficient (Wildman–Crippen LogP) is 2.26. The SMILES string of the molecule is CC(C)(N)c1cc2c(n(C3CC3)c1=O)CCCC2. The Balaban J connectivity index is 2.24. The monoisotopic (exact) mass is 246 g/mol. The second-order valence-corrected chi connectivity index (χ2v) is 6.37. The van der Waals surface area contributed by atoms with Gasteiger partial charge in [0.05, 0.1) is 0 Å². The van der Waals surface area contributed by atoms with E-state index in [-0.39, 0.29) is 5.56 Å². The lowest BCUT2D eigenvalue weighted by Crippen LogP contribution is -2.39. The highest BCUT2D eigenvalue weighted by Gasteiger charge is 2.32. The largest absolute Gasteiger partial charge is 0.322 e. The van der Waals surface area contributed by atoms with Gasteiger partial charge in [0.1, 0.15) is 0 Å². The zero-order valence-corrected chi connectivity index (χ0v) is 11.3. The van der Waals surface area contributed by atoms with E-state index in [4.69, 9.17) is 5.73 Å². The van der Waals surface area contributed by atoms with E-state index in [2.05, 4.69) is 10.6 Å². The Labute approximate surface area is 108 Å². The van der Waals surface area contributed by atoms with Crippen molar-refractivity contribution in [2.45, 2.75) is 64.0 Å². The number of rotatable bonds is 2. The van der Waals surface area contributed by atoms with Crippen molar-refractivity contribution < 1.29 is 0 Å². The molecule has 3 heteroatoms. The molecule has 2 N–H and O–H groups in total. The van der Waals surface area contributed by atoms with Gasteiger partial charge in [0, 0.05) is 22.8 Å². The van der Waals surface area contributed by atoms with Gasteiger partial charge >= 0.3 is 0 Å².